The first-order chi connectivity index (χ1) is 26.0. The first-order valence-electron chi connectivity index (χ1n) is 18.5. The van der Waals surface area contributed by atoms with Crippen LogP contribution in [0, 0.1) is 23.2 Å². The highest BCUT2D eigenvalue weighted by Crippen LogP contribution is 2.61. The molecule has 11 nitrogen and oxygen atoms in total. The number of nitrogens with two attached hydrogens (primary N) is 1. The van der Waals surface area contributed by atoms with Crippen molar-refractivity contribution >= 4 is 5.78 Å². The van der Waals surface area contributed by atoms with E-state index in [1.807, 2.05) is 60.8 Å². The van der Waals surface area contributed by atoms with E-state index in [-0.39, 0.29) is 54.0 Å². The number of nitrogens with one attached hydrogen (secondary N) is 2. The number of rotatable bonds is 16. The monoisotopic (exact) mass is 737 g/mol. The largest absolute Gasteiger partial charge is 0.504 e. The van der Waals surface area contributed by atoms with Crippen molar-refractivity contribution in [3.8, 4) is 28.7 Å². The summed E-state index contributed by atoms with van der Waals surface area (Å²) in [6.07, 6.45) is 5.91. The Morgan fingerprint density at radius 2 is 1.67 bits per heavy atom. The maximum Gasteiger partial charge on any atom is 0.200 e. The number of dihydropyridines is 1. The van der Waals surface area contributed by atoms with Crippen molar-refractivity contribution in [1.82, 2.24) is 10.3 Å². The van der Waals surface area contributed by atoms with E-state index in [9.17, 15) is 25.5 Å². The van der Waals surface area contributed by atoms with Crippen LogP contribution < -0.4 is 20.5 Å². The lowest BCUT2D eigenvalue weighted by molar-refractivity contribution is -0.136. The van der Waals surface area contributed by atoms with Gasteiger partial charge in [0, 0.05) is 36.2 Å². The summed E-state index contributed by atoms with van der Waals surface area (Å²) in [6.45, 7) is 0.416. The molecule has 286 valence electrons. The number of Topliss-reactive ketones (excluding diaryl/α,β-unsaturated/α-hetero) is 1. The second-order valence-electron chi connectivity index (χ2n) is 14.5. The Hall–Kier alpha value is -5.39. The number of hydrogen-bond acceptors (Lipinski definition) is 10. The molecule has 9 N–H and O–H groups in total. The highest BCUT2D eigenvalue weighted by atomic mass is 16.5. The summed E-state index contributed by atoms with van der Waals surface area (Å²) in [5.41, 5.74) is 9.56. The molecule has 1 aliphatic carbocycles. The van der Waals surface area contributed by atoms with Crippen molar-refractivity contribution in [1.29, 1.82) is 0 Å². The van der Waals surface area contributed by atoms with Crippen LogP contribution in [-0.4, -0.2) is 69.3 Å². The zero-order chi connectivity index (χ0) is 38.4. The zero-order valence-corrected chi connectivity index (χ0v) is 30.7. The predicted molar refractivity (Wildman–Crippen MR) is 205 cm³/mol. The summed E-state index contributed by atoms with van der Waals surface area (Å²) in [4.78, 5) is 18.6. The maximum atomic E-state index is 15.2. The van der Waals surface area contributed by atoms with E-state index in [2.05, 4.69) is 10.3 Å². The van der Waals surface area contributed by atoms with Crippen LogP contribution in [0.15, 0.2) is 103 Å². The fourth-order valence-corrected chi connectivity index (χ4v) is 8.96. The van der Waals surface area contributed by atoms with E-state index in [4.69, 9.17) is 15.2 Å². The highest BCUT2D eigenvalue weighted by Gasteiger charge is 2.62. The summed E-state index contributed by atoms with van der Waals surface area (Å²) >= 11 is 0. The number of carbonyl (C=O) groups excluding carboxylic acids is 1. The Morgan fingerprint density at radius 3 is 2.37 bits per heavy atom. The van der Waals surface area contributed by atoms with E-state index < -0.39 is 29.5 Å². The minimum Gasteiger partial charge on any atom is -0.504 e. The third kappa shape index (κ3) is 7.93. The SMILES string of the molecule is COc1cc(CC[C@@H](O)[C@H](C(=O)CCc2cc(O)c(O)c(OC)c2)[C@]2(C3=CCNC(N)=C3)[C@H](Cc3ccccc3)C[C@@H](O)[C@@H]2Cc2ccc[nH]2)ccc1O. The van der Waals surface area contributed by atoms with Gasteiger partial charge in [-0.1, -0.05) is 42.5 Å². The average Bonchev–Trinajstić information content (AvgIpc) is 3.78. The maximum absolute atomic E-state index is 15.2. The number of aliphatic hydroxyl groups is 2. The number of aryl methyl sites for hydroxylation is 2. The van der Waals surface area contributed by atoms with Gasteiger partial charge in [0.05, 0.1) is 38.2 Å². The summed E-state index contributed by atoms with van der Waals surface area (Å²) in [7, 11) is 2.86. The van der Waals surface area contributed by atoms with Gasteiger partial charge in [0.1, 0.15) is 5.78 Å². The molecule has 0 saturated heterocycles. The Kier molecular flexibility index (Phi) is 11.9. The van der Waals surface area contributed by atoms with Crippen LogP contribution in [0.3, 0.4) is 0 Å². The van der Waals surface area contributed by atoms with Crippen LogP contribution in [0.25, 0.3) is 0 Å². The molecule has 3 aromatic carbocycles. The zero-order valence-electron chi connectivity index (χ0n) is 30.7. The first kappa shape index (κ1) is 38.3. The van der Waals surface area contributed by atoms with Crippen LogP contribution in [0.5, 0.6) is 28.7 Å². The molecular formula is C43H51N3O8. The molecule has 11 heteroatoms. The van der Waals surface area contributed by atoms with Gasteiger partial charge >= 0.3 is 0 Å². The molecule has 0 unspecified atom stereocenters. The van der Waals surface area contributed by atoms with Gasteiger partial charge in [-0.3, -0.25) is 4.79 Å². The highest BCUT2D eigenvalue weighted by molar-refractivity contribution is 5.84. The van der Waals surface area contributed by atoms with Crippen molar-refractivity contribution < 1.29 is 39.8 Å². The molecule has 6 rings (SSSR count). The molecule has 4 aromatic rings. The van der Waals surface area contributed by atoms with Crippen LogP contribution in [-0.2, 0) is 30.5 Å². The number of phenols is 3. The summed E-state index contributed by atoms with van der Waals surface area (Å²) in [6, 6.07) is 21.9. The number of aliphatic hydroxyl groups excluding tert-OH is 2. The Labute approximate surface area is 315 Å². The molecule has 54 heavy (non-hydrogen) atoms. The molecule has 2 aliphatic rings. The molecule has 1 fully saturated rings. The molecule has 2 heterocycles. The fraction of sp³-hybridized carbons (Fsp3) is 0.372. The van der Waals surface area contributed by atoms with E-state index in [1.165, 1.54) is 20.3 Å². The molecular weight excluding hydrogens is 686 g/mol. The molecule has 1 aromatic heterocycles. The Morgan fingerprint density at radius 1 is 0.907 bits per heavy atom. The lowest BCUT2D eigenvalue weighted by atomic mass is 9.54. The van der Waals surface area contributed by atoms with Crippen LogP contribution >= 0.6 is 0 Å². The number of ketones is 1. The van der Waals surface area contributed by atoms with Gasteiger partial charge in [-0.25, -0.2) is 0 Å². The first-order valence-corrected chi connectivity index (χ1v) is 18.5. The number of carbonyl (C=O) groups is 1. The van der Waals surface area contributed by atoms with Gasteiger partial charge in [-0.2, -0.15) is 0 Å². The number of aromatic nitrogens is 1. The Bertz CT molecular complexity index is 1960. The quantitative estimate of drug-likeness (QED) is 0.0722. The number of allylic oxidation sites excluding steroid dienone is 2. The molecule has 0 radical (unpaired) electrons. The number of methoxy groups -OCH3 is 2. The third-order valence-electron chi connectivity index (χ3n) is 11.4. The van der Waals surface area contributed by atoms with Crippen LogP contribution in [0.2, 0.25) is 0 Å². The van der Waals surface area contributed by atoms with Gasteiger partial charge in [0.2, 0.25) is 5.75 Å². The smallest absolute Gasteiger partial charge is 0.200 e. The molecule has 6 atom stereocenters. The van der Waals surface area contributed by atoms with Crippen LogP contribution in [0.4, 0.5) is 0 Å². The van der Waals surface area contributed by atoms with E-state index in [0.29, 0.717) is 49.4 Å². The van der Waals surface area contributed by atoms with E-state index in [0.717, 1.165) is 22.4 Å². The van der Waals surface area contributed by atoms with Gasteiger partial charge in [-0.15, -0.1) is 0 Å². The van der Waals surface area contributed by atoms with Crippen molar-refractivity contribution in [3.63, 3.8) is 0 Å². The molecule has 0 bridgehead atoms. The van der Waals surface area contributed by atoms with E-state index in [1.54, 1.807) is 24.3 Å². The molecule has 0 amide bonds. The minimum absolute atomic E-state index is 0.00200. The van der Waals surface area contributed by atoms with Crippen molar-refractivity contribution in [3.05, 3.63) is 125 Å². The lowest BCUT2D eigenvalue weighted by Crippen LogP contribution is -2.53. The topological polar surface area (TPSA) is 191 Å². The van der Waals surface area contributed by atoms with Crippen molar-refractivity contribution in [2.75, 3.05) is 20.8 Å². The second kappa shape index (κ2) is 16.7. The average molecular weight is 738 g/mol. The molecule has 1 saturated carbocycles. The Balaban J connectivity index is 1.50. The van der Waals surface area contributed by atoms with Gasteiger partial charge < -0.3 is 51.0 Å². The fourth-order valence-electron chi connectivity index (χ4n) is 8.96. The summed E-state index contributed by atoms with van der Waals surface area (Å²) in [5.74, 6) is -1.87. The third-order valence-corrected chi connectivity index (χ3v) is 11.4. The lowest BCUT2D eigenvalue weighted by Gasteiger charge is -2.50. The number of hydrogen-bond donors (Lipinski definition) is 8. The van der Waals surface area contributed by atoms with E-state index >= 15 is 4.79 Å². The van der Waals surface area contributed by atoms with Gasteiger partial charge in [-0.05, 0) is 109 Å². The summed E-state index contributed by atoms with van der Waals surface area (Å²) < 4.78 is 10.6. The number of benzene rings is 3. The van der Waals surface area contributed by atoms with Gasteiger partial charge in [0.25, 0.3) is 0 Å². The van der Waals surface area contributed by atoms with Crippen molar-refractivity contribution in [2.45, 2.75) is 57.2 Å². The number of H-pyrrole nitrogens is 1. The number of phenolic OH excluding ortho intramolecular Hbond substituents is 3. The molecule has 0 spiro atoms. The number of ether oxygens (including phenoxy) is 2. The predicted octanol–water partition coefficient (Wildman–Crippen LogP) is 5.06. The number of aromatic amines is 1. The van der Waals surface area contributed by atoms with Crippen LogP contribution in [0.1, 0.15) is 41.6 Å². The summed E-state index contributed by atoms with van der Waals surface area (Å²) in [5, 5.41) is 58.9. The van der Waals surface area contributed by atoms with Gasteiger partial charge in [0.15, 0.2) is 23.0 Å². The second-order valence-corrected chi connectivity index (χ2v) is 14.5. The minimum atomic E-state index is -1.17. The molecule has 1 aliphatic heterocycles. The number of aromatic hydroxyl groups is 3. The standard InChI is InChI=1S/C43H51N3O8/c1-53-38-21-27(10-13-33(38)47)11-14-34(48)41(35(49)15-12-28-20-37(51)42(52)39(22-28)54-2)43(29-16-18-46-40(44)24-29)30(19-26-7-4-3-5-8-26)23-36(50)32(43)25-31-9-6-17-45-31/h3-10,13,16-17,20-22,24,30,32,34,36,41,45-48,50-52H,11-12,14-15,18-19,23,25,44H2,1-2H3/t30-,32+,34-,36-,41-,43-/m1/s1. The van der Waals surface area contributed by atoms with Crippen molar-refractivity contribution in [2.24, 2.45) is 28.9 Å². The normalized spacial score (nSPS) is 22.1.